The average Bonchev–Trinajstić information content (AvgIpc) is 3.16. The molecule has 5 nitrogen and oxygen atoms in total. The molecule has 0 amide bonds. The number of hydrogen-bond donors (Lipinski definition) is 2. The topological polar surface area (TPSA) is 54.8 Å². The maximum absolute atomic E-state index is 13.6. The van der Waals surface area contributed by atoms with Gasteiger partial charge in [0, 0.05) is 24.8 Å². The molecule has 0 aliphatic rings. The van der Waals surface area contributed by atoms with Gasteiger partial charge < -0.3 is 15.2 Å². The maximum atomic E-state index is 13.6. The van der Waals surface area contributed by atoms with E-state index in [1.165, 1.54) is 6.07 Å². The van der Waals surface area contributed by atoms with Crippen LogP contribution in [0.25, 0.3) is 22.2 Å². The quantitative estimate of drug-likeness (QED) is 0.346. The largest absolute Gasteiger partial charge is 0.370 e. The second-order valence-corrected chi connectivity index (χ2v) is 7.90. The molecular weight excluding hydrogens is 413 g/mol. The monoisotopic (exact) mass is 437 g/mol. The summed E-state index contributed by atoms with van der Waals surface area (Å²) in [7, 11) is 1.96. The van der Waals surface area contributed by atoms with Gasteiger partial charge in [0.1, 0.15) is 11.6 Å². The van der Waals surface area contributed by atoms with E-state index in [0.717, 1.165) is 59.5 Å². The number of imidazole rings is 1. The van der Waals surface area contributed by atoms with Crippen molar-refractivity contribution in [3.05, 3.63) is 77.5 Å². The fourth-order valence-electron chi connectivity index (χ4n) is 3.58. The predicted octanol–water partition coefficient (Wildman–Crippen LogP) is 5.35. The molecule has 0 atom stereocenters. The van der Waals surface area contributed by atoms with Crippen LogP contribution in [0.4, 0.5) is 10.2 Å². The van der Waals surface area contributed by atoms with Gasteiger partial charge in [0.2, 0.25) is 0 Å². The molecule has 0 aliphatic heterocycles. The van der Waals surface area contributed by atoms with E-state index in [2.05, 4.69) is 26.7 Å². The van der Waals surface area contributed by atoms with Gasteiger partial charge in [0.15, 0.2) is 0 Å². The standard InChI is InChI=1S/C24H25ClFN5/c1-27-9-2-3-10-28-24-13-20(21(25)14-29-24)18-7-8-22-23(12-18)31(16-30-22)15-17-5-4-6-19(26)11-17/h4-8,11-14,16,27H,2-3,9-10,15H2,1H3,(H,28,29). The average molecular weight is 438 g/mol. The molecule has 0 saturated carbocycles. The molecule has 4 rings (SSSR count). The Hall–Kier alpha value is -2.96. The number of pyridine rings is 1. The van der Waals surface area contributed by atoms with Crippen LogP contribution in [0.3, 0.4) is 0 Å². The molecule has 0 saturated heterocycles. The molecule has 160 valence electrons. The number of rotatable bonds is 9. The van der Waals surface area contributed by atoms with Gasteiger partial charge in [-0.15, -0.1) is 0 Å². The second-order valence-electron chi connectivity index (χ2n) is 7.49. The molecule has 31 heavy (non-hydrogen) atoms. The molecular formula is C24H25ClFN5. The van der Waals surface area contributed by atoms with Crippen LogP contribution in [0.5, 0.6) is 0 Å². The van der Waals surface area contributed by atoms with Crippen LogP contribution in [-0.2, 0) is 6.54 Å². The fourth-order valence-corrected chi connectivity index (χ4v) is 3.79. The number of unbranched alkanes of at least 4 members (excludes halogenated alkanes) is 1. The zero-order valence-electron chi connectivity index (χ0n) is 17.4. The zero-order valence-corrected chi connectivity index (χ0v) is 18.2. The second kappa shape index (κ2) is 9.90. The van der Waals surface area contributed by atoms with E-state index in [0.29, 0.717) is 11.6 Å². The first-order valence-corrected chi connectivity index (χ1v) is 10.8. The van der Waals surface area contributed by atoms with E-state index in [9.17, 15) is 4.39 Å². The van der Waals surface area contributed by atoms with Crippen LogP contribution in [0, 0.1) is 5.82 Å². The highest BCUT2D eigenvalue weighted by Gasteiger charge is 2.10. The minimum Gasteiger partial charge on any atom is -0.370 e. The van der Waals surface area contributed by atoms with Gasteiger partial charge in [-0.1, -0.05) is 29.8 Å². The molecule has 2 aromatic carbocycles. The van der Waals surface area contributed by atoms with Crippen molar-refractivity contribution in [1.29, 1.82) is 0 Å². The smallest absolute Gasteiger partial charge is 0.126 e. The molecule has 2 heterocycles. The Morgan fingerprint density at radius 1 is 1.03 bits per heavy atom. The summed E-state index contributed by atoms with van der Waals surface area (Å²) in [5.41, 5.74) is 4.63. The van der Waals surface area contributed by atoms with Crippen LogP contribution >= 0.6 is 11.6 Å². The van der Waals surface area contributed by atoms with Crippen molar-refractivity contribution < 1.29 is 4.39 Å². The molecule has 0 spiro atoms. The van der Waals surface area contributed by atoms with Crippen LogP contribution in [0.15, 0.2) is 61.1 Å². The van der Waals surface area contributed by atoms with E-state index < -0.39 is 0 Å². The van der Waals surface area contributed by atoms with Crippen molar-refractivity contribution in [2.75, 3.05) is 25.5 Å². The number of nitrogens with zero attached hydrogens (tertiary/aromatic N) is 3. The van der Waals surface area contributed by atoms with Gasteiger partial charge in [-0.2, -0.15) is 0 Å². The first-order valence-electron chi connectivity index (χ1n) is 10.4. The van der Waals surface area contributed by atoms with E-state index in [4.69, 9.17) is 11.6 Å². The van der Waals surface area contributed by atoms with Gasteiger partial charge in [0.25, 0.3) is 0 Å². The van der Waals surface area contributed by atoms with Crippen molar-refractivity contribution in [2.45, 2.75) is 19.4 Å². The zero-order chi connectivity index (χ0) is 21.6. The number of hydrogen-bond acceptors (Lipinski definition) is 4. The minimum atomic E-state index is -0.239. The molecule has 0 fully saturated rings. The Morgan fingerprint density at radius 3 is 2.74 bits per heavy atom. The highest BCUT2D eigenvalue weighted by atomic mass is 35.5. The van der Waals surface area contributed by atoms with E-state index in [1.54, 1.807) is 24.7 Å². The number of fused-ring (bicyclic) bond motifs is 1. The van der Waals surface area contributed by atoms with Crippen LogP contribution < -0.4 is 10.6 Å². The first-order chi connectivity index (χ1) is 15.1. The lowest BCUT2D eigenvalue weighted by atomic mass is 10.1. The molecule has 0 unspecified atom stereocenters. The van der Waals surface area contributed by atoms with Gasteiger partial charge in [0.05, 0.1) is 22.4 Å². The van der Waals surface area contributed by atoms with Gasteiger partial charge in [-0.25, -0.2) is 14.4 Å². The van der Waals surface area contributed by atoms with E-state index >= 15 is 0 Å². The Kier molecular flexibility index (Phi) is 6.79. The minimum absolute atomic E-state index is 0.239. The van der Waals surface area contributed by atoms with Crippen molar-refractivity contribution >= 4 is 28.5 Å². The van der Waals surface area contributed by atoms with Crippen molar-refractivity contribution in [3.63, 3.8) is 0 Å². The number of anilines is 1. The summed E-state index contributed by atoms with van der Waals surface area (Å²) >= 11 is 6.48. The Morgan fingerprint density at radius 2 is 1.90 bits per heavy atom. The van der Waals surface area contributed by atoms with E-state index in [-0.39, 0.29) is 5.82 Å². The summed E-state index contributed by atoms with van der Waals surface area (Å²) in [6.07, 6.45) is 5.63. The lowest BCUT2D eigenvalue weighted by molar-refractivity contribution is 0.624. The van der Waals surface area contributed by atoms with Crippen molar-refractivity contribution in [2.24, 2.45) is 0 Å². The third kappa shape index (κ3) is 5.21. The third-order valence-corrected chi connectivity index (χ3v) is 5.49. The molecule has 0 radical (unpaired) electrons. The highest BCUT2D eigenvalue weighted by molar-refractivity contribution is 6.33. The normalized spacial score (nSPS) is 11.2. The Bertz CT molecular complexity index is 1170. The summed E-state index contributed by atoms with van der Waals surface area (Å²) < 4.78 is 15.6. The Balaban J connectivity index is 1.58. The van der Waals surface area contributed by atoms with Crippen LogP contribution in [0.1, 0.15) is 18.4 Å². The molecule has 7 heteroatoms. The van der Waals surface area contributed by atoms with Crippen LogP contribution in [0.2, 0.25) is 5.02 Å². The van der Waals surface area contributed by atoms with E-state index in [1.807, 2.05) is 35.9 Å². The third-order valence-electron chi connectivity index (χ3n) is 5.19. The summed E-state index contributed by atoms with van der Waals surface area (Å²) in [4.78, 5) is 8.89. The fraction of sp³-hybridized carbons (Fsp3) is 0.250. The lowest BCUT2D eigenvalue weighted by Gasteiger charge is -2.11. The number of nitrogens with one attached hydrogen (secondary N) is 2. The summed E-state index contributed by atoms with van der Waals surface area (Å²) in [6, 6.07) is 14.7. The molecule has 0 aliphatic carbocycles. The SMILES string of the molecule is CNCCCCNc1cc(-c2ccc3ncn(Cc4cccc(F)c4)c3c2)c(Cl)cn1. The van der Waals surface area contributed by atoms with Gasteiger partial charge in [-0.05, 0) is 67.9 Å². The van der Waals surface area contributed by atoms with Crippen LogP contribution in [-0.4, -0.2) is 34.7 Å². The highest BCUT2D eigenvalue weighted by Crippen LogP contribution is 2.31. The Labute approximate surface area is 186 Å². The number of benzene rings is 2. The predicted molar refractivity (Wildman–Crippen MR) is 125 cm³/mol. The summed E-state index contributed by atoms with van der Waals surface area (Å²) in [6.45, 7) is 2.40. The van der Waals surface area contributed by atoms with Crippen molar-refractivity contribution in [1.82, 2.24) is 19.9 Å². The molecule has 4 aromatic rings. The first kappa shape index (κ1) is 21.3. The van der Waals surface area contributed by atoms with Crippen molar-refractivity contribution in [3.8, 4) is 11.1 Å². The van der Waals surface area contributed by atoms with Gasteiger partial charge >= 0.3 is 0 Å². The number of halogens is 2. The molecule has 2 N–H and O–H groups in total. The van der Waals surface area contributed by atoms with Gasteiger partial charge in [-0.3, -0.25) is 0 Å². The number of aromatic nitrogens is 3. The molecule has 2 aromatic heterocycles. The molecule has 0 bridgehead atoms. The summed E-state index contributed by atoms with van der Waals surface area (Å²) in [5, 5.41) is 7.12. The lowest BCUT2D eigenvalue weighted by Crippen LogP contribution is -2.10. The maximum Gasteiger partial charge on any atom is 0.126 e. The summed E-state index contributed by atoms with van der Waals surface area (Å²) in [5.74, 6) is 0.564.